The molecule has 3 aromatic rings. The van der Waals surface area contributed by atoms with Gasteiger partial charge in [-0.05, 0) is 48.4 Å². The van der Waals surface area contributed by atoms with Crippen molar-refractivity contribution in [2.75, 3.05) is 0 Å². The minimum atomic E-state index is -1.68. The maximum atomic E-state index is 12.9. The highest BCUT2D eigenvalue weighted by Gasteiger charge is 2.37. The van der Waals surface area contributed by atoms with Crippen molar-refractivity contribution in [1.29, 1.82) is 0 Å². The molecule has 0 heterocycles. The smallest absolute Gasteiger partial charge is 0.343 e. The number of hydrogen-bond donors (Lipinski definition) is 1. The van der Waals surface area contributed by atoms with Crippen molar-refractivity contribution in [2.45, 2.75) is 37.9 Å². The van der Waals surface area contributed by atoms with Gasteiger partial charge >= 0.3 is 5.97 Å². The van der Waals surface area contributed by atoms with E-state index in [1.807, 2.05) is 24.3 Å². The summed E-state index contributed by atoms with van der Waals surface area (Å²) < 4.78 is 5.91. The van der Waals surface area contributed by atoms with Gasteiger partial charge in [0.05, 0.1) is 0 Å². The van der Waals surface area contributed by atoms with Crippen LogP contribution in [0.1, 0.15) is 42.6 Å². The minimum Gasteiger partial charge on any atom is -0.455 e. The summed E-state index contributed by atoms with van der Waals surface area (Å²) in [6.45, 7) is 1.50. The Morgan fingerprint density at radius 2 is 1.64 bits per heavy atom. The van der Waals surface area contributed by atoms with E-state index in [9.17, 15) is 9.90 Å². The van der Waals surface area contributed by atoms with Crippen molar-refractivity contribution in [3.05, 3.63) is 95.6 Å². The average molecular weight is 372 g/mol. The van der Waals surface area contributed by atoms with E-state index in [2.05, 4.69) is 30.3 Å². The molecule has 0 aromatic heterocycles. The summed E-state index contributed by atoms with van der Waals surface area (Å²) in [5, 5.41) is 10.8. The fraction of sp³-hybridized carbons (Fsp3) is 0.240. The summed E-state index contributed by atoms with van der Waals surface area (Å²) in [7, 11) is 0. The molecule has 142 valence electrons. The van der Waals surface area contributed by atoms with Crippen molar-refractivity contribution in [3.8, 4) is 11.1 Å². The number of hydrogen-bond acceptors (Lipinski definition) is 3. The number of fused-ring (bicyclic) bond motifs is 1. The van der Waals surface area contributed by atoms with Crippen molar-refractivity contribution < 1.29 is 14.6 Å². The SMILES string of the molecule is C[C@](O)(C(=O)O[C@H]1CCCc2cccc(-c3ccccc3)c21)c1ccccc1. The van der Waals surface area contributed by atoms with Crippen LogP contribution in [0.25, 0.3) is 11.1 Å². The van der Waals surface area contributed by atoms with E-state index in [0.29, 0.717) is 5.56 Å². The Morgan fingerprint density at radius 3 is 2.36 bits per heavy atom. The lowest BCUT2D eigenvalue weighted by atomic mass is 9.84. The highest BCUT2D eigenvalue weighted by molar-refractivity contribution is 5.81. The van der Waals surface area contributed by atoms with Gasteiger partial charge in [-0.15, -0.1) is 0 Å². The molecule has 0 radical (unpaired) electrons. The molecule has 3 nitrogen and oxygen atoms in total. The molecular weight excluding hydrogens is 348 g/mol. The van der Waals surface area contributed by atoms with Crippen LogP contribution in [0.2, 0.25) is 0 Å². The van der Waals surface area contributed by atoms with Gasteiger partial charge < -0.3 is 9.84 Å². The molecule has 0 saturated carbocycles. The number of carbonyl (C=O) groups excluding carboxylic acids is 1. The molecule has 3 heteroatoms. The molecule has 1 N–H and O–H groups in total. The summed E-state index contributed by atoms with van der Waals surface area (Å²) in [6.07, 6.45) is 2.33. The maximum Gasteiger partial charge on any atom is 0.343 e. The second-order valence-corrected chi connectivity index (χ2v) is 7.47. The Morgan fingerprint density at radius 1 is 0.964 bits per heavy atom. The number of aryl methyl sites for hydroxylation is 1. The predicted octanol–water partition coefficient (Wildman–Crippen LogP) is 5.18. The van der Waals surface area contributed by atoms with Gasteiger partial charge in [0, 0.05) is 5.56 Å². The lowest BCUT2D eigenvalue weighted by Crippen LogP contribution is -2.35. The van der Waals surface area contributed by atoms with Crippen LogP contribution < -0.4 is 0 Å². The lowest BCUT2D eigenvalue weighted by Gasteiger charge is -2.31. The van der Waals surface area contributed by atoms with Gasteiger partial charge in [-0.1, -0.05) is 78.9 Å². The largest absolute Gasteiger partial charge is 0.455 e. The summed E-state index contributed by atoms with van der Waals surface area (Å²) in [6, 6.07) is 25.4. The zero-order valence-corrected chi connectivity index (χ0v) is 16.0. The second-order valence-electron chi connectivity index (χ2n) is 7.47. The molecule has 2 atom stereocenters. The predicted molar refractivity (Wildman–Crippen MR) is 110 cm³/mol. The molecule has 1 aliphatic carbocycles. The van der Waals surface area contributed by atoms with Crippen molar-refractivity contribution in [1.82, 2.24) is 0 Å². The first-order valence-electron chi connectivity index (χ1n) is 9.73. The Hall–Kier alpha value is -2.91. The molecule has 28 heavy (non-hydrogen) atoms. The molecule has 4 rings (SSSR count). The molecule has 0 saturated heterocycles. The van der Waals surface area contributed by atoms with Crippen LogP contribution in [0.5, 0.6) is 0 Å². The number of benzene rings is 3. The van der Waals surface area contributed by atoms with E-state index < -0.39 is 11.6 Å². The van der Waals surface area contributed by atoms with Gasteiger partial charge in [0.25, 0.3) is 0 Å². The van der Waals surface area contributed by atoms with Crippen LogP contribution in [0.4, 0.5) is 0 Å². The van der Waals surface area contributed by atoms with Gasteiger partial charge in [-0.2, -0.15) is 0 Å². The van der Waals surface area contributed by atoms with E-state index >= 15 is 0 Å². The normalized spacial score (nSPS) is 18.0. The standard InChI is InChI=1S/C25H24O3/c1-25(27,20-14-6-3-7-15-20)24(26)28-22-17-9-13-19-12-8-16-21(23(19)22)18-10-4-2-5-11-18/h2-8,10-12,14-16,22,27H,9,13,17H2,1H3/t22-,25+/m0/s1. The van der Waals surface area contributed by atoms with E-state index in [-0.39, 0.29) is 6.10 Å². The Labute approximate surface area is 165 Å². The highest BCUT2D eigenvalue weighted by Crippen LogP contribution is 2.40. The molecule has 0 unspecified atom stereocenters. The van der Waals surface area contributed by atoms with Gasteiger partial charge in [0.2, 0.25) is 0 Å². The third-order valence-electron chi connectivity index (χ3n) is 5.50. The third kappa shape index (κ3) is 3.46. The molecule has 0 spiro atoms. The van der Waals surface area contributed by atoms with E-state index in [4.69, 9.17) is 4.74 Å². The monoisotopic (exact) mass is 372 g/mol. The van der Waals surface area contributed by atoms with Gasteiger partial charge in [0.15, 0.2) is 5.60 Å². The summed E-state index contributed by atoms with van der Waals surface area (Å²) >= 11 is 0. The van der Waals surface area contributed by atoms with Crippen LogP contribution in [0, 0.1) is 0 Å². The lowest BCUT2D eigenvalue weighted by molar-refractivity contribution is -0.171. The van der Waals surface area contributed by atoms with E-state index in [1.54, 1.807) is 24.3 Å². The van der Waals surface area contributed by atoms with Gasteiger partial charge in [0.1, 0.15) is 6.10 Å². The van der Waals surface area contributed by atoms with Crippen LogP contribution in [-0.2, 0) is 21.6 Å². The Balaban J connectivity index is 1.68. The summed E-state index contributed by atoms with van der Waals surface area (Å²) in [5.74, 6) is -0.612. The van der Waals surface area contributed by atoms with Gasteiger partial charge in [-0.25, -0.2) is 4.79 Å². The first-order valence-corrected chi connectivity index (χ1v) is 9.73. The number of ether oxygens (including phenoxy) is 1. The fourth-order valence-corrected chi connectivity index (χ4v) is 3.95. The fourth-order valence-electron chi connectivity index (χ4n) is 3.95. The van der Waals surface area contributed by atoms with E-state index in [1.165, 1.54) is 12.5 Å². The minimum absolute atomic E-state index is 0.358. The number of aliphatic hydroxyl groups is 1. The number of carbonyl (C=O) groups is 1. The zero-order chi connectivity index (χ0) is 19.6. The Kier molecular flexibility index (Phi) is 5.01. The maximum absolute atomic E-state index is 12.9. The zero-order valence-electron chi connectivity index (χ0n) is 16.0. The molecule has 0 fully saturated rings. The Bertz CT molecular complexity index is 962. The highest BCUT2D eigenvalue weighted by atomic mass is 16.6. The molecule has 1 aliphatic rings. The van der Waals surface area contributed by atoms with Crippen LogP contribution >= 0.6 is 0 Å². The van der Waals surface area contributed by atoms with Gasteiger partial charge in [-0.3, -0.25) is 0 Å². The third-order valence-corrected chi connectivity index (χ3v) is 5.50. The van der Waals surface area contributed by atoms with E-state index in [0.717, 1.165) is 36.0 Å². The summed E-state index contributed by atoms with van der Waals surface area (Å²) in [5.41, 5.74) is 3.34. The molecule has 0 bridgehead atoms. The average Bonchev–Trinajstić information content (AvgIpc) is 2.74. The first-order chi connectivity index (χ1) is 13.6. The van der Waals surface area contributed by atoms with Crippen LogP contribution in [0.15, 0.2) is 78.9 Å². The summed E-state index contributed by atoms with van der Waals surface area (Å²) in [4.78, 5) is 12.9. The number of rotatable bonds is 4. The quantitative estimate of drug-likeness (QED) is 0.642. The number of esters is 1. The van der Waals surface area contributed by atoms with Crippen molar-refractivity contribution in [2.24, 2.45) is 0 Å². The second kappa shape index (κ2) is 7.61. The topological polar surface area (TPSA) is 46.5 Å². The molecular formula is C25H24O3. The van der Waals surface area contributed by atoms with Crippen molar-refractivity contribution in [3.63, 3.8) is 0 Å². The van der Waals surface area contributed by atoms with Crippen LogP contribution in [-0.4, -0.2) is 11.1 Å². The van der Waals surface area contributed by atoms with Crippen LogP contribution in [0.3, 0.4) is 0 Å². The molecule has 0 amide bonds. The molecule has 3 aromatic carbocycles. The molecule has 0 aliphatic heterocycles. The van der Waals surface area contributed by atoms with Crippen molar-refractivity contribution >= 4 is 5.97 Å². The first kappa shape index (κ1) is 18.5.